The van der Waals surface area contributed by atoms with Crippen molar-refractivity contribution in [1.82, 2.24) is 0 Å². The topological polar surface area (TPSA) is 130 Å². The first-order valence-corrected chi connectivity index (χ1v) is 9.29. The summed E-state index contributed by atoms with van der Waals surface area (Å²) in [7, 11) is 0. The number of phenols is 1. The van der Waals surface area contributed by atoms with Crippen molar-refractivity contribution >= 4 is 11.0 Å². The van der Waals surface area contributed by atoms with Crippen LogP contribution < -0.4 is 10.2 Å². The molecule has 0 spiro atoms. The molecule has 1 aliphatic rings. The predicted octanol–water partition coefficient (Wildman–Crippen LogP) is 3.23. The molecule has 1 aliphatic heterocycles. The standard InChI is InChI=1S/C22H20O8/c1-11-19(25)21(27)18(9-23)30-22(11)29-14-6-7-15-17(8-14)28-10-16(20(15)26)12-2-4-13(24)5-3-12/h2-8,10-11,18,22-25,27H,9H2,1H3. The maximum Gasteiger partial charge on any atom is 0.210 e. The Bertz CT molecular complexity index is 1160. The van der Waals surface area contributed by atoms with Gasteiger partial charge in [0, 0.05) is 6.07 Å². The van der Waals surface area contributed by atoms with E-state index in [1.807, 2.05) is 0 Å². The lowest BCUT2D eigenvalue weighted by atomic mass is 10.0. The summed E-state index contributed by atoms with van der Waals surface area (Å²) < 4.78 is 16.9. The summed E-state index contributed by atoms with van der Waals surface area (Å²) in [5.41, 5.74) is 1.04. The quantitative estimate of drug-likeness (QED) is 0.514. The van der Waals surface area contributed by atoms with Gasteiger partial charge in [-0.05, 0) is 36.8 Å². The molecule has 30 heavy (non-hydrogen) atoms. The molecule has 0 radical (unpaired) electrons. The second kappa shape index (κ2) is 7.74. The van der Waals surface area contributed by atoms with Gasteiger partial charge in [-0.25, -0.2) is 0 Å². The second-order valence-corrected chi connectivity index (χ2v) is 7.04. The molecule has 4 N–H and O–H groups in total. The van der Waals surface area contributed by atoms with Gasteiger partial charge < -0.3 is 34.3 Å². The zero-order valence-corrected chi connectivity index (χ0v) is 16.0. The molecule has 156 valence electrons. The van der Waals surface area contributed by atoms with Gasteiger partial charge in [0.2, 0.25) is 6.29 Å². The van der Waals surface area contributed by atoms with E-state index < -0.39 is 30.7 Å². The molecular formula is C22H20O8. The van der Waals surface area contributed by atoms with Crippen LogP contribution in [0.2, 0.25) is 0 Å². The molecule has 8 nitrogen and oxygen atoms in total. The summed E-state index contributed by atoms with van der Waals surface area (Å²) in [6, 6.07) is 10.9. The molecule has 2 aromatic carbocycles. The van der Waals surface area contributed by atoms with Crippen LogP contribution in [0.5, 0.6) is 11.5 Å². The Hall–Kier alpha value is -3.49. The molecular weight excluding hydrogens is 392 g/mol. The van der Waals surface area contributed by atoms with Crippen LogP contribution in [-0.2, 0) is 4.74 Å². The predicted molar refractivity (Wildman–Crippen MR) is 107 cm³/mol. The third-order valence-corrected chi connectivity index (χ3v) is 5.05. The summed E-state index contributed by atoms with van der Waals surface area (Å²) in [6.07, 6.45) is -0.703. The molecule has 3 aromatic rings. The number of rotatable bonds is 4. The van der Waals surface area contributed by atoms with Gasteiger partial charge in [-0.3, -0.25) is 4.79 Å². The Labute approximate surface area is 170 Å². The van der Waals surface area contributed by atoms with Crippen LogP contribution >= 0.6 is 0 Å². The van der Waals surface area contributed by atoms with Crippen molar-refractivity contribution < 1.29 is 34.3 Å². The minimum Gasteiger partial charge on any atom is -0.508 e. The largest absolute Gasteiger partial charge is 0.508 e. The van der Waals surface area contributed by atoms with Crippen LogP contribution in [0.25, 0.3) is 22.1 Å². The summed E-state index contributed by atoms with van der Waals surface area (Å²) >= 11 is 0. The number of aliphatic hydroxyl groups excluding tert-OH is 3. The van der Waals surface area contributed by atoms with E-state index in [-0.39, 0.29) is 16.9 Å². The number of ether oxygens (including phenoxy) is 2. The zero-order valence-electron chi connectivity index (χ0n) is 16.0. The van der Waals surface area contributed by atoms with E-state index in [2.05, 4.69) is 0 Å². The normalized spacial score (nSPS) is 21.7. The fraction of sp³-hybridized carbons (Fsp3) is 0.227. The highest BCUT2D eigenvalue weighted by atomic mass is 16.7. The van der Waals surface area contributed by atoms with E-state index in [1.54, 1.807) is 31.2 Å². The molecule has 0 fully saturated rings. The lowest BCUT2D eigenvalue weighted by Gasteiger charge is -2.33. The summed E-state index contributed by atoms with van der Waals surface area (Å²) in [6.45, 7) is 1.09. The van der Waals surface area contributed by atoms with E-state index in [0.29, 0.717) is 27.8 Å². The Morgan fingerprint density at radius 1 is 1.03 bits per heavy atom. The molecule has 8 heteroatoms. The number of aromatic hydroxyl groups is 1. The third kappa shape index (κ3) is 3.47. The van der Waals surface area contributed by atoms with E-state index in [0.717, 1.165) is 0 Å². The first-order valence-electron chi connectivity index (χ1n) is 9.29. The van der Waals surface area contributed by atoms with Gasteiger partial charge in [0.1, 0.15) is 35.2 Å². The Morgan fingerprint density at radius 2 is 1.77 bits per heavy atom. The minimum atomic E-state index is -1.09. The number of hydrogen-bond donors (Lipinski definition) is 4. The Balaban J connectivity index is 1.64. The van der Waals surface area contributed by atoms with Crippen molar-refractivity contribution in [3.63, 3.8) is 0 Å². The maximum atomic E-state index is 12.8. The van der Waals surface area contributed by atoms with E-state index in [4.69, 9.17) is 13.9 Å². The Kier molecular flexibility index (Phi) is 5.11. The summed E-state index contributed by atoms with van der Waals surface area (Å²) in [4.78, 5) is 12.8. The molecule has 3 atom stereocenters. The van der Waals surface area contributed by atoms with Crippen molar-refractivity contribution in [3.05, 3.63) is 70.5 Å². The monoisotopic (exact) mass is 412 g/mol. The average molecular weight is 412 g/mol. The molecule has 0 saturated carbocycles. The highest BCUT2D eigenvalue weighted by Gasteiger charge is 2.37. The second-order valence-electron chi connectivity index (χ2n) is 7.04. The molecule has 2 heterocycles. The zero-order chi connectivity index (χ0) is 21.4. The van der Waals surface area contributed by atoms with Gasteiger partial charge in [-0.2, -0.15) is 0 Å². The van der Waals surface area contributed by atoms with Crippen LogP contribution in [0.1, 0.15) is 6.92 Å². The van der Waals surface area contributed by atoms with Crippen LogP contribution in [0.4, 0.5) is 0 Å². The lowest BCUT2D eigenvalue weighted by molar-refractivity contribution is -0.168. The van der Waals surface area contributed by atoms with Crippen molar-refractivity contribution in [2.45, 2.75) is 19.3 Å². The van der Waals surface area contributed by atoms with Crippen LogP contribution in [0.3, 0.4) is 0 Å². The smallest absolute Gasteiger partial charge is 0.210 e. The van der Waals surface area contributed by atoms with E-state index in [9.17, 15) is 25.2 Å². The summed E-state index contributed by atoms with van der Waals surface area (Å²) in [5, 5.41) is 38.9. The lowest BCUT2D eigenvalue weighted by Crippen LogP contribution is -2.41. The van der Waals surface area contributed by atoms with Gasteiger partial charge in [-0.15, -0.1) is 0 Å². The van der Waals surface area contributed by atoms with Crippen molar-refractivity contribution in [2.24, 2.45) is 5.92 Å². The van der Waals surface area contributed by atoms with Crippen molar-refractivity contribution in [1.29, 1.82) is 0 Å². The molecule has 3 unspecified atom stereocenters. The van der Waals surface area contributed by atoms with Gasteiger partial charge in [0.15, 0.2) is 11.2 Å². The van der Waals surface area contributed by atoms with Gasteiger partial charge in [0.25, 0.3) is 0 Å². The number of fused-ring (bicyclic) bond motifs is 1. The summed E-state index contributed by atoms with van der Waals surface area (Å²) in [5.74, 6) is -0.979. The molecule has 4 rings (SSSR count). The molecule has 0 aliphatic carbocycles. The van der Waals surface area contributed by atoms with Crippen LogP contribution in [0, 0.1) is 5.92 Å². The highest BCUT2D eigenvalue weighted by Crippen LogP contribution is 2.31. The fourth-order valence-electron chi connectivity index (χ4n) is 3.29. The van der Waals surface area contributed by atoms with Crippen LogP contribution in [-0.4, -0.2) is 39.4 Å². The third-order valence-electron chi connectivity index (χ3n) is 5.05. The molecule has 1 aromatic heterocycles. The fourth-order valence-corrected chi connectivity index (χ4v) is 3.29. The number of phenolic OH excluding ortho intramolecular Hbond substituents is 1. The van der Waals surface area contributed by atoms with Gasteiger partial charge >= 0.3 is 0 Å². The first-order chi connectivity index (χ1) is 14.4. The van der Waals surface area contributed by atoms with Gasteiger partial charge in [0.05, 0.1) is 23.5 Å². The van der Waals surface area contributed by atoms with Crippen molar-refractivity contribution in [2.75, 3.05) is 6.61 Å². The minimum absolute atomic E-state index is 0.0996. The number of benzene rings is 2. The SMILES string of the molecule is CC1C(O)=C(O)C(CO)OC1Oc1ccc2c(=O)c(-c3ccc(O)cc3)coc2c1. The Morgan fingerprint density at radius 3 is 2.47 bits per heavy atom. The number of aliphatic hydroxyl groups is 3. The van der Waals surface area contributed by atoms with E-state index >= 15 is 0 Å². The number of hydrogen-bond acceptors (Lipinski definition) is 8. The molecule has 0 saturated heterocycles. The van der Waals surface area contributed by atoms with Crippen molar-refractivity contribution in [3.8, 4) is 22.6 Å². The van der Waals surface area contributed by atoms with Gasteiger partial charge in [-0.1, -0.05) is 12.1 Å². The maximum absolute atomic E-state index is 12.8. The molecule has 0 amide bonds. The van der Waals surface area contributed by atoms with E-state index in [1.165, 1.54) is 24.5 Å². The van der Waals surface area contributed by atoms with Crippen LogP contribution in [0.15, 0.2) is 69.5 Å². The molecule has 0 bridgehead atoms. The first kappa shape index (κ1) is 19.8. The highest BCUT2D eigenvalue weighted by molar-refractivity contribution is 5.82. The average Bonchev–Trinajstić information content (AvgIpc) is 2.75.